The van der Waals surface area contributed by atoms with Crippen molar-refractivity contribution in [1.29, 1.82) is 0 Å². The molecular weight excluding hydrogens is 346 g/mol. The van der Waals surface area contributed by atoms with Crippen LogP contribution in [0, 0.1) is 13.8 Å². The average molecular weight is 360 g/mol. The summed E-state index contributed by atoms with van der Waals surface area (Å²) < 4.78 is 24.6. The minimum atomic E-state index is -3.43. The molecule has 2 aromatic rings. The molecule has 2 N–H and O–H groups in total. The largest absolute Gasteiger partial charge is 0.321 e. The summed E-state index contributed by atoms with van der Waals surface area (Å²) in [6, 6.07) is 5.19. The number of benzene rings is 1. The number of rotatable bonds is 4. The molecule has 0 aliphatic rings. The number of hydrogen-bond donors (Lipinski definition) is 2. The van der Waals surface area contributed by atoms with E-state index >= 15 is 0 Å². The second kappa shape index (κ2) is 6.23. The Balaban J connectivity index is 2.20. The number of carbonyl (C=O) groups excluding carboxylic acids is 1. The van der Waals surface area contributed by atoms with Gasteiger partial charge < -0.3 is 5.32 Å². The van der Waals surface area contributed by atoms with Crippen molar-refractivity contribution in [2.24, 2.45) is 0 Å². The maximum atomic E-state index is 12.2. The Bertz CT molecular complexity index is 831. The molecule has 1 aromatic heterocycles. The number of anilines is 2. The van der Waals surface area contributed by atoms with Gasteiger partial charge in [-0.1, -0.05) is 29.0 Å². The SMILES string of the molecule is Cc1ccc(NC(=O)c2sc(NS(C)(=O)=O)nc2C)cc1Cl. The summed E-state index contributed by atoms with van der Waals surface area (Å²) in [5.41, 5.74) is 1.92. The molecule has 0 saturated carbocycles. The molecule has 0 aliphatic carbocycles. The Hall–Kier alpha value is -1.64. The molecule has 0 bridgehead atoms. The summed E-state index contributed by atoms with van der Waals surface area (Å²) >= 11 is 6.99. The lowest BCUT2D eigenvalue weighted by Crippen LogP contribution is -2.11. The van der Waals surface area contributed by atoms with Crippen LogP contribution in [-0.2, 0) is 10.0 Å². The molecule has 0 spiro atoms. The van der Waals surface area contributed by atoms with E-state index in [-0.39, 0.29) is 11.0 Å². The van der Waals surface area contributed by atoms with Gasteiger partial charge in [0.15, 0.2) is 5.13 Å². The zero-order valence-electron chi connectivity index (χ0n) is 12.1. The number of sulfonamides is 1. The van der Waals surface area contributed by atoms with Gasteiger partial charge in [-0.25, -0.2) is 13.4 Å². The number of nitrogens with one attached hydrogen (secondary N) is 2. The highest BCUT2D eigenvalue weighted by molar-refractivity contribution is 7.92. The van der Waals surface area contributed by atoms with E-state index in [0.29, 0.717) is 21.3 Å². The van der Waals surface area contributed by atoms with Crippen LogP contribution in [0.4, 0.5) is 10.8 Å². The van der Waals surface area contributed by atoms with E-state index in [0.717, 1.165) is 23.2 Å². The van der Waals surface area contributed by atoms with Crippen molar-refractivity contribution in [3.05, 3.63) is 39.4 Å². The molecule has 0 saturated heterocycles. The second-order valence-corrected chi connectivity index (χ2v) is 7.88. The molecule has 6 nitrogen and oxygen atoms in total. The topological polar surface area (TPSA) is 88.2 Å². The van der Waals surface area contributed by atoms with Crippen molar-refractivity contribution in [3.63, 3.8) is 0 Å². The van der Waals surface area contributed by atoms with Crippen LogP contribution in [0.15, 0.2) is 18.2 Å². The Morgan fingerprint density at radius 3 is 2.59 bits per heavy atom. The van der Waals surface area contributed by atoms with E-state index in [4.69, 9.17) is 11.6 Å². The Kier molecular flexibility index (Phi) is 4.74. The third kappa shape index (κ3) is 4.19. The molecule has 1 aromatic carbocycles. The maximum absolute atomic E-state index is 12.2. The molecular formula is C13H14ClN3O3S2. The van der Waals surface area contributed by atoms with Crippen LogP contribution in [0.25, 0.3) is 0 Å². The van der Waals surface area contributed by atoms with Crippen LogP contribution in [0.3, 0.4) is 0 Å². The van der Waals surface area contributed by atoms with Gasteiger partial charge in [-0.15, -0.1) is 0 Å². The summed E-state index contributed by atoms with van der Waals surface area (Å²) in [7, 11) is -3.43. The first-order valence-electron chi connectivity index (χ1n) is 6.18. The molecule has 1 heterocycles. The lowest BCUT2D eigenvalue weighted by atomic mass is 10.2. The number of thiazole rings is 1. The Morgan fingerprint density at radius 2 is 2.00 bits per heavy atom. The van der Waals surface area contributed by atoms with Gasteiger partial charge in [-0.3, -0.25) is 9.52 Å². The highest BCUT2D eigenvalue weighted by Crippen LogP contribution is 2.25. The van der Waals surface area contributed by atoms with Gasteiger partial charge in [0, 0.05) is 10.7 Å². The van der Waals surface area contributed by atoms with Crippen molar-refractivity contribution in [1.82, 2.24) is 4.98 Å². The summed E-state index contributed by atoms with van der Waals surface area (Å²) in [6.45, 7) is 3.51. The third-order valence-electron chi connectivity index (χ3n) is 2.71. The molecule has 118 valence electrons. The molecule has 0 aliphatic heterocycles. The zero-order valence-corrected chi connectivity index (χ0v) is 14.5. The van der Waals surface area contributed by atoms with E-state index in [9.17, 15) is 13.2 Å². The van der Waals surface area contributed by atoms with E-state index in [1.54, 1.807) is 25.1 Å². The smallest absolute Gasteiger partial charge is 0.267 e. The first-order valence-corrected chi connectivity index (χ1v) is 9.27. The van der Waals surface area contributed by atoms with Gasteiger partial charge in [0.25, 0.3) is 5.91 Å². The number of hydrogen-bond acceptors (Lipinski definition) is 5. The van der Waals surface area contributed by atoms with Crippen molar-refractivity contribution in [2.45, 2.75) is 13.8 Å². The zero-order chi connectivity index (χ0) is 16.5. The van der Waals surface area contributed by atoms with Crippen molar-refractivity contribution in [3.8, 4) is 0 Å². The van der Waals surface area contributed by atoms with Crippen molar-refractivity contribution in [2.75, 3.05) is 16.3 Å². The molecule has 0 atom stereocenters. The minimum absolute atomic E-state index is 0.159. The number of amides is 1. The molecule has 0 fully saturated rings. The standard InChI is InChI=1S/C13H14ClN3O3S2/c1-7-4-5-9(6-10(7)14)16-12(18)11-8(2)15-13(21-11)17-22(3,19)20/h4-6H,1-3H3,(H,15,17)(H,16,18). The molecule has 0 radical (unpaired) electrons. The van der Waals surface area contributed by atoms with Crippen molar-refractivity contribution >= 4 is 49.7 Å². The number of carbonyl (C=O) groups is 1. The number of aromatic nitrogens is 1. The Labute approximate surface area is 137 Å². The van der Waals surface area contributed by atoms with Gasteiger partial charge in [-0.05, 0) is 31.5 Å². The minimum Gasteiger partial charge on any atom is -0.321 e. The number of halogens is 1. The normalized spacial score (nSPS) is 11.3. The fourth-order valence-electron chi connectivity index (χ4n) is 1.67. The third-order valence-corrected chi connectivity index (χ3v) is 4.88. The van der Waals surface area contributed by atoms with Gasteiger partial charge in [0.1, 0.15) is 4.88 Å². The van der Waals surface area contributed by atoms with Crippen LogP contribution >= 0.6 is 22.9 Å². The molecule has 9 heteroatoms. The van der Waals surface area contributed by atoms with E-state index < -0.39 is 10.0 Å². The average Bonchev–Trinajstić information content (AvgIpc) is 2.72. The van der Waals surface area contributed by atoms with Gasteiger partial charge >= 0.3 is 0 Å². The maximum Gasteiger partial charge on any atom is 0.267 e. The highest BCUT2D eigenvalue weighted by atomic mass is 35.5. The van der Waals surface area contributed by atoms with Gasteiger partial charge in [-0.2, -0.15) is 0 Å². The summed E-state index contributed by atoms with van der Waals surface area (Å²) in [5, 5.41) is 3.43. The van der Waals surface area contributed by atoms with Gasteiger partial charge in [0.05, 0.1) is 11.9 Å². The predicted molar refractivity (Wildman–Crippen MR) is 89.5 cm³/mol. The fraction of sp³-hybridized carbons (Fsp3) is 0.231. The summed E-state index contributed by atoms with van der Waals surface area (Å²) in [5.74, 6) is -0.364. The van der Waals surface area contributed by atoms with Crippen LogP contribution < -0.4 is 10.0 Å². The molecule has 2 rings (SSSR count). The lowest BCUT2D eigenvalue weighted by molar-refractivity contribution is 0.103. The van der Waals surface area contributed by atoms with Crippen LogP contribution in [0.1, 0.15) is 20.9 Å². The lowest BCUT2D eigenvalue weighted by Gasteiger charge is -2.05. The summed E-state index contributed by atoms with van der Waals surface area (Å²) in [4.78, 5) is 16.6. The fourth-order valence-corrected chi connectivity index (χ4v) is 3.54. The Morgan fingerprint density at radius 1 is 1.32 bits per heavy atom. The predicted octanol–water partition coefficient (Wildman–Crippen LogP) is 3.04. The van der Waals surface area contributed by atoms with Crippen molar-refractivity contribution < 1.29 is 13.2 Å². The monoisotopic (exact) mass is 359 g/mol. The first-order chi connectivity index (χ1) is 10.2. The van der Waals surface area contributed by atoms with Crippen LogP contribution in [0.5, 0.6) is 0 Å². The summed E-state index contributed by atoms with van der Waals surface area (Å²) in [6.07, 6.45) is 1.03. The van der Waals surface area contributed by atoms with Crippen LogP contribution in [-0.4, -0.2) is 25.6 Å². The van der Waals surface area contributed by atoms with Crippen LogP contribution in [0.2, 0.25) is 5.02 Å². The quantitative estimate of drug-likeness (QED) is 0.878. The number of aryl methyl sites for hydroxylation is 2. The number of nitrogens with zero attached hydrogens (tertiary/aromatic N) is 1. The van der Waals surface area contributed by atoms with Gasteiger partial charge in [0.2, 0.25) is 10.0 Å². The van der Waals surface area contributed by atoms with E-state index in [1.807, 2.05) is 6.92 Å². The van der Waals surface area contributed by atoms with E-state index in [1.165, 1.54) is 0 Å². The van der Waals surface area contributed by atoms with E-state index in [2.05, 4.69) is 15.0 Å². The molecule has 22 heavy (non-hydrogen) atoms. The second-order valence-electron chi connectivity index (χ2n) is 4.73. The molecule has 1 amide bonds. The first kappa shape index (κ1) is 16.7. The highest BCUT2D eigenvalue weighted by Gasteiger charge is 2.17. The molecule has 0 unspecified atom stereocenters.